The highest BCUT2D eigenvalue weighted by Crippen LogP contribution is 2.29. The Labute approximate surface area is 170 Å². The second kappa shape index (κ2) is 8.22. The maximum atomic E-state index is 13.1. The first-order valence-corrected chi connectivity index (χ1v) is 11.3. The van der Waals surface area contributed by atoms with Crippen LogP contribution in [-0.2, 0) is 16.6 Å². The molecule has 0 atom stereocenters. The van der Waals surface area contributed by atoms with E-state index >= 15 is 0 Å². The van der Waals surface area contributed by atoms with Gasteiger partial charge in [-0.25, -0.2) is 12.8 Å². The molecule has 0 unspecified atom stereocenters. The fourth-order valence-electron chi connectivity index (χ4n) is 3.97. The van der Waals surface area contributed by atoms with Crippen LogP contribution in [0.15, 0.2) is 64.5 Å². The summed E-state index contributed by atoms with van der Waals surface area (Å²) in [7, 11) is -3.48. The first-order valence-electron chi connectivity index (χ1n) is 9.83. The van der Waals surface area contributed by atoms with E-state index in [9.17, 15) is 12.8 Å². The highest BCUT2D eigenvalue weighted by Gasteiger charge is 2.43. The normalized spacial score (nSPS) is 19.7. The number of halogens is 1. The SMILES string of the molecule is O=S(=O)(c1ccccc1)N1CCC2(CC1)NCCN=C2NCc1ccc(F)cc1. The molecule has 0 radical (unpaired) electrons. The van der Waals surface area contributed by atoms with Crippen molar-refractivity contribution in [3.63, 3.8) is 0 Å². The molecule has 8 heteroatoms. The number of benzene rings is 2. The van der Waals surface area contributed by atoms with Gasteiger partial charge in [-0.1, -0.05) is 30.3 Å². The van der Waals surface area contributed by atoms with Crippen LogP contribution in [0.1, 0.15) is 18.4 Å². The molecule has 1 saturated heterocycles. The van der Waals surface area contributed by atoms with Gasteiger partial charge in [0.25, 0.3) is 0 Å². The van der Waals surface area contributed by atoms with Crippen molar-refractivity contribution in [2.45, 2.75) is 29.8 Å². The summed E-state index contributed by atoms with van der Waals surface area (Å²) in [6.07, 6.45) is 1.29. The molecule has 2 aliphatic rings. The summed E-state index contributed by atoms with van der Waals surface area (Å²) in [5.41, 5.74) is 0.625. The zero-order chi connectivity index (χ0) is 20.3. The smallest absolute Gasteiger partial charge is 0.243 e. The molecule has 0 saturated carbocycles. The second-order valence-electron chi connectivity index (χ2n) is 7.44. The molecular weight excluding hydrogens is 391 g/mol. The number of rotatable bonds is 4. The number of hydrogen-bond donors (Lipinski definition) is 2. The van der Waals surface area contributed by atoms with Crippen LogP contribution in [0.25, 0.3) is 0 Å². The molecule has 0 bridgehead atoms. The van der Waals surface area contributed by atoms with Crippen molar-refractivity contribution >= 4 is 15.9 Å². The van der Waals surface area contributed by atoms with Crippen molar-refractivity contribution in [3.05, 3.63) is 66.0 Å². The van der Waals surface area contributed by atoms with Gasteiger partial charge < -0.3 is 10.6 Å². The van der Waals surface area contributed by atoms with E-state index in [1.807, 2.05) is 6.07 Å². The largest absolute Gasteiger partial charge is 0.368 e. The van der Waals surface area contributed by atoms with E-state index in [2.05, 4.69) is 15.6 Å². The van der Waals surface area contributed by atoms with E-state index in [4.69, 9.17) is 0 Å². The van der Waals surface area contributed by atoms with Crippen molar-refractivity contribution in [2.75, 3.05) is 26.2 Å². The van der Waals surface area contributed by atoms with E-state index < -0.39 is 10.0 Å². The van der Waals surface area contributed by atoms with Gasteiger partial charge in [0.05, 0.1) is 17.0 Å². The summed E-state index contributed by atoms with van der Waals surface area (Å²) in [5, 5.41) is 6.97. The Morgan fingerprint density at radius 3 is 2.45 bits per heavy atom. The monoisotopic (exact) mass is 416 g/mol. The van der Waals surface area contributed by atoms with Crippen molar-refractivity contribution < 1.29 is 12.8 Å². The van der Waals surface area contributed by atoms with E-state index in [0.29, 0.717) is 43.9 Å². The van der Waals surface area contributed by atoms with Gasteiger partial charge in [-0.05, 0) is 42.7 Å². The molecule has 2 aliphatic heterocycles. The fraction of sp³-hybridized carbons (Fsp3) is 0.381. The van der Waals surface area contributed by atoms with Crippen LogP contribution in [0, 0.1) is 5.82 Å². The number of sulfonamides is 1. The standard InChI is InChI=1S/C21H25FN4O2S/c22-18-8-6-17(7-9-18)16-24-20-21(25-13-12-23-20)10-14-26(15-11-21)29(27,28)19-4-2-1-3-5-19/h1-9,25H,10-16H2,(H,23,24). The van der Waals surface area contributed by atoms with E-state index in [-0.39, 0.29) is 11.4 Å². The molecule has 0 aromatic heterocycles. The summed E-state index contributed by atoms with van der Waals surface area (Å²) in [6.45, 7) is 2.87. The lowest BCUT2D eigenvalue weighted by Crippen LogP contribution is -2.64. The molecule has 0 amide bonds. The third-order valence-electron chi connectivity index (χ3n) is 5.63. The van der Waals surface area contributed by atoms with Crippen molar-refractivity contribution in [1.29, 1.82) is 0 Å². The number of nitrogens with zero attached hydrogens (tertiary/aromatic N) is 2. The van der Waals surface area contributed by atoms with Crippen LogP contribution < -0.4 is 10.6 Å². The quantitative estimate of drug-likeness (QED) is 0.801. The first-order chi connectivity index (χ1) is 14.0. The molecule has 154 valence electrons. The zero-order valence-corrected chi connectivity index (χ0v) is 17.0. The van der Waals surface area contributed by atoms with Crippen LogP contribution in [0.5, 0.6) is 0 Å². The molecule has 2 aromatic carbocycles. The van der Waals surface area contributed by atoms with E-state index in [1.165, 1.54) is 12.1 Å². The van der Waals surface area contributed by atoms with E-state index in [1.54, 1.807) is 40.7 Å². The maximum Gasteiger partial charge on any atom is 0.243 e. The fourth-order valence-corrected chi connectivity index (χ4v) is 5.44. The highest BCUT2D eigenvalue weighted by molar-refractivity contribution is 7.89. The van der Waals surface area contributed by atoms with Gasteiger partial charge in [0.15, 0.2) is 0 Å². The van der Waals surface area contributed by atoms with Crippen molar-refractivity contribution in [1.82, 2.24) is 14.9 Å². The Kier molecular flexibility index (Phi) is 5.67. The van der Waals surface area contributed by atoms with Crippen molar-refractivity contribution in [3.8, 4) is 0 Å². The zero-order valence-electron chi connectivity index (χ0n) is 16.1. The predicted molar refractivity (Wildman–Crippen MR) is 111 cm³/mol. The van der Waals surface area contributed by atoms with Crippen LogP contribution in [0.4, 0.5) is 4.39 Å². The molecule has 6 nitrogen and oxygen atoms in total. The summed E-state index contributed by atoms with van der Waals surface area (Å²) in [5.74, 6) is 0.610. The maximum absolute atomic E-state index is 13.1. The number of aliphatic imine (C=N–C) groups is 1. The van der Waals surface area contributed by atoms with Gasteiger partial charge in [0, 0.05) is 26.2 Å². The Balaban J connectivity index is 1.45. The minimum Gasteiger partial charge on any atom is -0.368 e. The molecule has 29 heavy (non-hydrogen) atoms. The Morgan fingerprint density at radius 2 is 1.76 bits per heavy atom. The third-order valence-corrected chi connectivity index (χ3v) is 7.54. The van der Waals surface area contributed by atoms with Gasteiger partial charge in [0.2, 0.25) is 10.0 Å². The molecule has 2 aromatic rings. The highest BCUT2D eigenvalue weighted by atomic mass is 32.2. The van der Waals surface area contributed by atoms with Crippen LogP contribution in [-0.4, -0.2) is 50.3 Å². The summed E-state index contributed by atoms with van der Waals surface area (Å²) >= 11 is 0. The molecular formula is C21H25FN4O2S. The molecule has 1 fully saturated rings. The minimum atomic E-state index is -3.48. The lowest BCUT2D eigenvalue weighted by atomic mass is 9.85. The van der Waals surface area contributed by atoms with E-state index in [0.717, 1.165) is 17.9 Å². The molecule has 4 rings (SSSR count). The Bertz CT molecular complexity index is 970. The average molecular weight is 417 g/mol. The Hall–Kier alpha value is -2.29. The van der Waals surface area contributed by atoms with Crippen LogP contribution in [0.2, 0.25) is 0 Å². The number of hydrogen-bond acceptors (Lipinski definition) is 5. The second-order valence-corrected chi connectivity index (χ2v) is 9.37. The average Bonchev–Trinajstić information content (AvgIpc) is 2.75. The van der Waals surface area contributed by atoms with Gasteiger partial charge in [-0.15, -0.1) is 0 Å². The number of nitrogens with one attached hydrogen (secondary N) is 2. The molecule has 2 heterocycles. The predicted octanol–water partition coefficient (Wildman–Crippen LogP) is 2.14. The van der Waals surface area contributed by atoms with Crippen molar-refractivity contribution in [2.24, 2.45) is 4.99 Å². The van der Waals surface area contributed by atoms with Gasteiger partial charge in [-0.2, -0.15) is 4.31 Å². The summed E-state index contributed by atoms with van der Waals surface area (Å²) in [4.78, 5) is 5.01. The van der Waals surface area contributed by atoms with Gasteiger partial charge >= 0.3 is 0 Å². The summed E-state index contributed by atoms with van der Waals surface area (Å²) in [6, 6.07) is 15.0. The molecule has 2 N–H and O–H groups in total. The third kappa shape index (κ3) is 4.19. The summed E-state index contributed by atoms with van der Waals surface area (Å²) < 4.78 is 40.5. The lowest BCUT2D eigenvalue weighted by Gasteiger charge is -2.44. The topological polar surface area (TPSA) is 73.8 Å². The minimum absolute atomic E-state index is 0.256. The number of amidine groups is 1. The molecule has 0 aliphatic carbocycles. The Morgan fingerprint density at radius 1 is 1.07 bits per heavy atom. The van der Waals surface area contributed by atoms with Crippen LogP contribution in [0.3, 0.4) is 0 Å². The van der Waals surface area contributed by atoms with Gasteiger partial charge in [-0.3, -0.25) is 4.99 Å². The number of piperidine rings is 1. The first kappa shape index (κ1) is 20.0. The van der Waals surface area contributed by atoms with Gasteiger partial charge in [0.1, 0.15) is 11.7 Å². The lowest BCUT2D eigenvalue weighted by molar-refractivity contribution is 0.241. The van der Waals surface area contributed by atoms with Crippen LogP contribution >= 0.6 is 0 Å². The molecule has 1 spiro atoms.